The highest BCUT2D eigenvalue weighted by atomic mass is 16.1. The van der Waals surface area contributed by atoms with Crippen LogP contribution in [0.1, 0.15) is 30.6 Å². The molecule has 0 radical (unpaired) electrons. The molecule has 1 aromatic carbocycles. The van der Waals surface area contributed by atoms with Gasteiger partial charge in [-0.2, -0.15) is 0 Å². The Morgan fingerprint density at radius 1 is 1.41 bits per heavy atom. The van der Waals surface area contributed by atoms with Gasteiger partial charge in [-0.3, -0.25) is 4.79 Å². The number of benzene rings is 1. The molecule has 0 aromatic heterocycles. The SMILES string of the molecule is CC1(C)CCN(c2c(N)cccc2C(N)=O)C1. The van der Waals surface area contributed by atoms with Gasteiger partial charge in [0.1, 0.15) is 0 Å². The van der Waals surface area contributed by atoms with Gasteiger partial charge in [0, 0.05) is 13.1 Å². The number of carbonyl (C=O) groups is 1. The van der Waals surface area contributed by atoms with E-state index in [4.69, 9.17) is 11.5 Å². The first kappa shape index (κ1) is 11.8. The summed E-state index contributed by atoms with van der Waals surface area (Å²) in [4.78, 5) is 13.6. The Balaban J connectivity index is 2.42. The molecule has 0 atom stereocenters. The number of nitrogens with two attached hydrogens (primary N) is 2. The second-order valence-electron chi connectivity index (χ2n) is 5.44. The van der Waals surface area contributed by atoms with Crippen LogP contribution in [0.3, 0.4) is 0 Å². The van der Waals surface area contributed by atoms with Crippen molar-refractivity contribution in [2.24, 2.45) is 11.1 Å². The van der Waals surface area contributed by atoms with Crippen LogP contribution in [0.2, 0.25) is 0 Å². The quantitative estimate of drug-likeness (QED) is 0.762. The summed E-state index contributed by atoms with van der Waals surface area (Å²) in [6, 6.07) is 5.31. The highest BCUT2D eigenvalue weighted by Crippen LogP contribution is 2.36. The van der Waals surface area contributed by atoms with Crippen LogP contribution >= 0.6 is 0 Å². The first-order chi connectivity index (χ1) is 7.91. The molecule has 4 heteroatoms. The lowest BCUT2D eigenvalue weighted by molar-refractivity contribution is 0.100. The molecule has 0 aliphatic carbocycles. The zero-order valence-electron chi connectivity index (χ0n) is 10.4. The van der Waals surface area contributed by atoms with E-state index in [9.17, 15) is 4.79 Å². The molecular formula is C13H19N3O. The maximum absolute atomic E-state index is 11.4. The van der Waals surface area contributed by atoms with Crippen molar-refractivity contribution in [2.45, 2.75) is 20.3 Å². The summed E-state index contributed by atoms with van der Waals surface area (Å²) in [5.74, 6) is -0.419. The van der Waals surface area contributed by atoms with Gasteiger partial charge in [0.2, 0.25) is 0 Å². The number of hydrogen-bond acceptors (Lipinski definition) is 3. The van der Waals surface area contributed by atoms with E-state index in [0.29, 0.717) is 11.3 Å². The Hall–Kier alpha value is -1.71. The molecule has 1 saturated heterocycles. The number of para-hydroxylation sites is 1. The van der Waals surface area contributed by atoms with Crippen molar-refractivity contribution >= 4 is 17.3 Å². The van der Waals surface area contributed by atoms with E-state index >= 15 is 0 Å². The third-order valence-electron chi connectivity index (χ3n) is 3.33. The van der Waals surface area contributed by atoms with Gasteiger partial charge in [-0.25, -0.2) is 0 Å². The summed E-state index contributed by atoms with van der Waals surface area (Å²) >= 11 is 0. The van der Waals surface area contributed by atoms with Gasteiger partial charge >= 0.3 is 0 Å². The zero-order chi connectivity index (χ0) is 12.6. The minimum Gasteiger partial charge on any atom is -0.397 e. The maximum Gasteiger partial charge on any atom is 0.250 e. The Morgan fingerprint density at radius 3 is 2.65 bits per heavy atom. The number of carbonyl (C=O) groups excluding carboxylic acids is 1. The lowest BCUT2D eigenvalue weighted by Gasteiger charge is -2.24. The van der Waals surface area contributed by atoms with E-state index in [-0.39, 0.29) is 5.41 Å². The van der Waals surface area contributed by atoms with Gasteiger partial charge in [-0.05, 0) is 24.0 Å². The third-order valence-corrected chi connectivity index (χ3v) is 3.33. The first-order valence-electron chi connectivity index (χ1n) is 5.84. The summed E-state index contributed by atoms with van der Waals surface area (Å²) in [7, 11) is 0. The molecule has 2 rings (SSSR count). The molecule has 92 valence electrons. The number of anilines is 2. The largest absolute Gasteiger partial charge is 0.397 e. The van der Waals surface area contributed by atoms with E-state index in [1.54, 1.807) is 12.1 Å². The van der Waals surface area contributed by atoms with Crippen LogP contribution < -0.4 is 16.4 Å². The van der Waals surface area contributed by atoms with Crippen molar-refractivity contribution in [2.75, 3.05) is 23.7 Å². The molecule has 4 nitrogen and oxygen atoms in total. The van der Waals surface area contributed by atoms with Crippen LogP contribution in [0.15, 0.2) is 18.2 Å². The maximum atomic E-state index is 11.4. The van der Waals surface area contributed by atoms with Gasteiger partial charge in [0.15, 0.2) is 0 Å². The van der Waals surface area contributed by atoms with Gasteiger partial charge in [0.05, 0.1) is 16.9 Å². The van der Waals surface area contributed by atoms with Crippen molar-refractivity contribution in [3.63, 3.8) is 0 Å². The number of rotatable bonds is 2. The fourth-order valence-electron chi connectivity index (χ4n) is 2.42. The fraction of sp³-hybridized carbons (Fsp3) is 0.462. The fourth-order valence-corrected chi connectivity index (χ4v) is 2.42. The van der Waals surface area contributed by atoms with E-state index in [0.717, 1.165) is 25.2 Å². The second-order valence-corrected chi connectivity index (χ2v) is 5.44. The standard InChI is InChI=1S/C13H19N3O/c1-13(2)6-7-16(8-13)11-9(12(15)17)4-3-5-10(11)14/h3-5H,6-8,14H2,1-2H3,(H2,15,17). The Kier molecular flexibility index (Phi) is 2.73. The molecular weight excluding hydrogens is 214 g/mol. The molecule has 1 aliphatic heterocycles. The van der Waals surface area contributed by atoms with Gasteiger partial charge in [0.25, 0.3) is 5.91 Å². The summed E-state index contributed by atoms with van der Waals surface area (Å²) in [6.45, 7) is 6.26. The number of primary amides is 1. The van der Waals surface area contributed by atoms with Gasteiger partial charge in [-0.15, -0.1) is 0 Å². The van der Waals surface area contributed by atoms with E-state index in [2.05, 4.69) is 18.7 Å². The molecule has 0 spiro atoms. The first-order valence-corrected chi connectivity index (χ1v) is 5.84. The molecule has 0 saturated carbocycles. The summed E-state index contributed by atoms with van der Waals surface area (Å²) in [5, 5.41) is 0. The third kappa shape index (κ3) is 2.20. The van der Waals surface area contributed by atoms with Gasteiger partial charge in [-0.1, -0.05) is 19.9 Å². The highest BCUT2D eigenvalue weighted by molar-refractivity contribution is 6.01. The van der Waals surface area contributed by atoms with Crippen molar-refractivity contribution in [1.82, 2.24) is 0 Å². The van der Waals surface area contributed by atoms with Crippen LogP contribution in [-0.4, -0.2) is 19.0 Å². The van der Waals surface area contributed by atoms with Crippen LogP contribution in [0.25, 0.3) is 0 Å². The number of nitrogens with zero attached hydrogens (tertiary/aromatic N) is 1. The van der Waals surface area contributed by atoms with Crippen molar-refractivity contribution in [3.05, 3.63) is 23.8 Å². The van der Waals surface area contributed by atoms with Crippen molar-refractivity contribution in [3.8, 4) is 0 Å². The minimum absolute atomic E-state index is 0.261. The molecule has 1 aromatic rings. The predicted octanol–water partition coefficient (Wildman–Crippen LogP) is 1.60. The summed E-state index contributed by atoms with van der Waals surface area (Å²) in [5.41, 5.74) is 13.6. The monoisotopic (exact) mass is 233 g/mol. The van der Waals surface area contributed by atoms with Crippen LogP contribution in [0.4, 0.5) is 11.4 Å². The molecule has 1 amide bonds. The zero-order valence-corrected chi connectivity index (χ0v) is 10.4. The van der Waals surface area contributed by atoms with Crippen molar-refractivity contribution in [1.29, 1.82) is 0 Å². The molecule has 1 fully saturated rings. The number of nitrogen functional groups attached to an aromatic ring is 1. The molecule has 4 N–H and O–H groups in total. The molecule has 17 heavy (non-hydrogen) atoms. The van der Waals surface area contributed by atoms with Crippen LogP contribution in [0.5, 0.6) is 0 Å². The predicted molar refractivity (Wildman–Crippen MR) is 70.0 cm³/mol. The highest BCUT2D eigenvalue weighted by Gasteiger charge is 2.31. The lowest BCUT2D eigenvalue weighted by Crippen LogP contribution is -2.27. The average molecular weight is 233 g/mol. The summed E-state index contributed by atoms with van der Waals surface area (Å²) in [6.07, 6.45) is 1.10. The number of hydrogen-bond donors (Lipinski definition) is 2. The summed E-state index contributed by atoms with van der Waals surface area (Å²) < 4.78 is 0. The molecule has 1 heterocycles. The van der Waals surface area contributed by atoms with Crippen LogP contribution in [0, 0.1) is 5.41 Å². The molecule has 0 bridgehead atoms. The topological polar surface area (TPSA) is 72.3 Å². The number of amides is 1. The Bertz CT molecular complexity index is 454. The van der Waals surface area contributed by atoms with Crippen LogP contribution in [-0.2, 0) is 0 Å². The smallest absolute Gasteiger partial charge is 0.250 e. The van der Waals surface area contributed by atoms with E-state index in [1.165, 1.54) is 0 Å². The molecule has 0 unspecified atom stereocenters. The second kappa shape index (κ2) is 3.95. The lowest BCUT2D eigenvalue weighted by atomic mass is 9.93. The Morgan fingerprint density at radius 2 is 2.12 bits per heavy atom. The minimum atomic E-state index is -0.419. The van der Waals surface area contributed by atoms with Crippen molar-refractivity contribution < 1.29 is 4.79 Å². The normalized spacial score (nSPS) is 18.4. The van der Waals surface area contributed by atoms with Gasteiger partial charge < -0.3 is 16.4 Å². The van der Waals surface area contributed by atoms with E-state index in [1.807, 2.05) is 6.07 Å². The molecule has 1 aliphatic rings. The van der Waals surface area contributed by atoms with E-state index < -0.39 is 5.91 Å². The average Bonchev–Trinajstić information content (AvgIpc) is 2.58. The Labute approximate surface area is 102 Å².